The number of hydrogen-bond donors (Lipinski definition) is 1. The number of nitrogens with one attached hydrogen (secondary N) is 1. The highest BCUT2D eigenvalue weighted by Gasteiger charge is 2.42. The number of rotatable bonds is 4. The lowest BCUT2D eigenvalue weighted by atomic mass is 10.2. The van der Waals surface area contributed by atoms with Crippen LogP contribution in [0.25, 0.3) is 0 Å². The SMILES string of the molecule is Cc1cc(NC(=O)CN2C(=O)c3ccccc3S2(=O)=O)n(C2CCS(=O)(=O)C2)n1. The van der Waals surface area contributed by atoms with Crippen LogP contribution in [0.2, 0.25) is 0 Å². The van der Waals surface area contributed by atoms with Crippen LogP contribution in [0.4, 0.5) is 5.82 Å². The van der Waals surface area contributed by atoms with Gasteiger partial charge in [0.2, 0.25) is 5.91 Å². The molecule has 0 spiro atoms. The van der Waals surface area contributed by atoms with Gasteiger partial charge in [0.05, 0.1) is 28.8 Å². The van der Waals surface area contributed by atoms with Crippen molar-refractivity contribution < 1.29 is 26.4 Å². The van der Waals surface area contributed by atoms with Crippen molar-refractivity contribution in [3.8, 4) is 0 Å². The summed E-state index contributed by atoms with van der Waals surface area (Å²) in [6, 6.07) is 6.92. The molecule has 29 heavy (non-hydrogen) atoms. The number of aryl methyl sites for hydroxylation is 1. The monoisotopic (exact) mass is 438 g/mol. The Bertz CT molecular complexity index is 1230. The lowest BCUT2D eigenvalue weighted by Gasteiger charge is -2.17. The Kier molecular flexibility index (Phi) is 4.50. The Hall–Kier alpha value is -2.73. The van der Waals surface area contributed by atoms with E-state index in [9.17, 15) is 26.4 Å². The van der Waals surface area contributed by atoms with Gasteiger partial charge in [0, 0.05) is 6.07 Å². The number of hydrogen-bond acceptors (Lipinski definition) is 7. The molecule has 2 aliphatic heterocycles. The first kappa shape index (κ1) is 19.6. The van der Waals surface area contributed by atoms with Crippen molar-refractivity contribution in [1.82, 2.24) is 14.1 Å². The summed E-state index contributed by atoms with van der Waals surface area (Å²) < 4.78 is 50.6. The molecular formula is C17H18N4O6S2. The standard InChI is InChI=1S/C17H18N4O6S2/c1-11-8-15(21(19-11)12-6-7-28(24,25)10-12)18-16(22)9-20-17(23)13-4-2-3-5-14(13)29(20,26)27/h2-5,8,12H,6-7,9-10H2,1H3,(H,18,22). The summed E-state index contributed by atoms with van der Waals surface area (Å²) in [7, 11) is -7.25. The van der Waals surface area contributed by atoms with E-state index in [-0.39, 0.29) is 27.8 Å². The maximum absolute atomic E-state index is 12.6. The summed E-state index contributed by atoms with van der Waals surface area (Å²) in [5, 5.41) is 6.81. The van der Waals surface area contributed by atoms with Crippen molar-refractivity contribution >= 4 is 37.5 Å². The number of sulfonamides is 1. The van der Waals surface area contributed by atoms with Gasteiger partial charge in [-0.2, -0.15) is 5.10 Å². The van der Waals surface area contributed by atoms with E-state index in [1.54, 1.807) is 19.1 Å². The quantitative estimate of drug-likeness (QED) is 0.727. The minimum atomic E-state index is -4.10. The molecule has 3 heterocycles. The van der Waals surface area contributed by atoms with Gasteiger partial charge in [-0.15, -0.1) is 0 Å². The van der Waals surface area contributed by atoms with Gasteiger partial charge in [-0.1, -0.05) is 12.1 Å². The van der Waals surface area contributed by atoms with Gasteiger partial charge in [0.25, 0.3) is 15.9 Å². The fraction of sp³-hybridized carbons (Fsp3) is 0.353. The van der Waals surface area contributed by atoms with Crippen molar-refractivity contribution in [2.45, 2.75) is 24.3 Å². The van der Waals surface area contributed by atoms with Crippen LogP contribution in [0.3, 0.4) is 0 Å². The third-order valence-corrected chi connectivity index (χ3v) is 8.42. The molecule has 1 N–H and O–H groups in total. The number of fused-ring (bicyclic) bond motifs is 1. The molecule has 1 aromatic carbocycles. The van der Waals surface area contributed by atoms with Crippen molar-refractivity contribution in [1.29, 1.82) is 0 Å². The Morgan fingerprint density at radius 3 is 2.62 bits per heavy atom. The van der Waals surface area contributed by atoms with Crippen molar-refractivity contribution in [3.63, 3.8) is 0 Å². The highest BCUT2D eigenvalue weighted by molar-refractivity contribution is 7.91. The molecule has 0 saturated carbocycles. The van der Waals surface area contributed by atoms with Gasteiger partial charge in [0.1, 0.15) is 17.3 Å². The van der Waals surface area contributed by atoms with E-state index in [0.29, 0.717) is 16.4 Å². The average Bonchev–Trinajstić information content (AvgIpc) is 3.25. The van der Waals surface area contributed by atoms with Crippen LogP contribution in [0, 0.1) is 6.92 Å². The average molecular weight is 438 g/mol. The van der Waals surface area contributed by atoms with Crippen molar-refractivity contribution in [3.05, 3.63) is 41.6 Å². The van der Waals surface area contributed by atoms with Crippen molar-refractivity contribution in [2.24, 2.45) is 0 Å². The molecule has 2 aromatic rings. The highest BCUT2D eigenvalue weighted by Crippen LogP contribution is 2.30. The van der Waals surface area contributed by atoms with E-state index >= 15 is 0 Å². The molecule has 10 nitrogen and oxygen atoms in total. The fourth-order valence-electron chi connectivity index (χ4n) is 3.56. The molecule has 0 bridgehead atoms. The number of carbonyl (C=O) groups is 2. The lowest BCUT2D eigenvalue weighted by Crippen LogP contribution is -2.37. The summed E-state index contributed by atoms with van der Waals surface area (Å²) in [4.78, 5) is 24.8. The summed E-state index contributed by atoms with van der Waals surface area (Å²) in [6.07, 6.45) is 0.376. The molecule has 2 amide bonds. The normalized spacial score (nSPS) is 21.9. The smallest absolute Gasteiger partial charge is 0.269 e. The number of nitrogens with zero attached hydrogens (tertiary/aromatic N) is 3. The predicted octanol–water partition coefficient (Wildman–Crippen LogP) is 0.334. The molecule has 1 unspecified atom stereocenters. The van der Waals surface area contributed by atoms with Gasteiger partial charge in [-0.3, -0.25) is 9.59 Å². The van der Waals surface area contributed by atoms with Gasteiger partial charge in [-0.25, -0.2) is 25.8 Å². The van der Waals surface area contributed by atoms with E-state index in [2.05, 4.69) is 10.4 Å². The van der Waals surface area contributed by atoms with Crippen LogP contribution < -0.4 is 5.32 Å². The number of aromatic nitrogens is 2. The molecule has 1 fully saturated rings. The van der Waals surface area contributed by atoms with E-state index in [1.807, 2.05) is 0 Å². The molecule has 4 rings (SSSR count). The van der Waals surface area contributed by atoms with E-state index in [1.165, 1.54) is 22.9 Å². The summed E-state index contributed by atoms with van der Waals surface area (Å²) >= 11 is 0. The predicted molar refractivity (Wildman–Crippen MR) is 103 cm³/mol. The molecule has 0 aliphatic carbocycles. The molecular weight excluding hydrogens is 420 g/mol. The van der Waals surface area contributed by atoms with Crippen LogP contribution in [0.5, 0.6) is 0 Å². The Morgan fingerprint density at radius 2 is 1.97 bits per heavy atom. The summed E-state index contributed by atoms with van der Waals surface area (Å²) in [6.45, 7) is 1.00. The number of carbonyl (C=O) groups excluding carboxylic acids is 2. The summed E-state index contributed by atoms with van der Waals surface area (Å²) in [5.41, 5.74) is 0.597. The van der Waals surface area contributed by atoms with Crippen LogP contribution in [-0.2, 0) is 24.7 Å². The molecule has 1 aromatic heterocycles. The Labute approximate surface area is 167 Å². The maximum Gasteiger partial charge on any atom is 0.269 e. The van der Waals surface area contributed by atoms with Gasteiger partial charge in [0.15, 0.2) is 9.84 Å². The Balaban J connectivity index is 1.54. The third-order valence-electron chi connectivity index (χ3n) is 4.88. The zero-order chi connectivity index (χ0) is 21.0. The first-order valence-corrected chi connectivity index (χ1v) is 12.1. The second kappa shape index (κ2) is 6.66. The second-order valence-electron chi connectivity index (χ2n) is 7.03. The minimum Gasteiger partial charge on any atom is -0.309 e. The lowest BCUT2D eigenvalue weighted by molar-refractivity contribution is -0.116. The largest absolute Gasteiger partial charge is 0.309 e. The number of sulfone groups is 1. The minimum absolute atomic E-state index is 0.0253. The highest BCUT2D eigenvalue weighted by atomic mass is 32.2. The van der Waals surface area contributed by atoms with Crippen molar-refractivity contribution in [2.75, 3.05) is 23.4 Å². The van der Waals surface area contributed by atoms with Crippen LogP contribution in [-0.4, -0.2) is 60.8 Å². The van der Waals surface area contributed by atoms with Crippen LogP contribution >= 0.6 is 0 Å². The zero-order valence-electron chi connectivity index (χ0n) is 15.4. The Morgan fingerprint density at radius 1 is 1.24 bits per heavy atom. The second-order valence-corrected chi connectivity index (χ2v) is 11.1. The van der Waals surface area contributed by atoms with Gasteiger partial charge >= 0.3 is 0 Å². The summed E-state index contributed by atoms with van der Waals surface area (Å²) in [5.74, 6) is -1.26. The number of amides is 2. The van der Waals surface area contributed by atoms with Gasteiger partial charge < -0.3 is 5.32 Å². The van der Waals surface area contributed by atoms with E-state index < -0.39 is 44.3 Å². The topological polar surface area (TPSA) is 136 Å². The van der Waals surface area contributed by atoms with Crippen LogP contribution in [0.15, 0.2) is 35.2 Å². The molecule has 1 atom stereocenters. The number of anilines is 1. The third kappa shape index (κ3) is 3.42. The molecule has 1 saturated heterocycles. The zero-order valence-corrected chi connectivity index (χ0v) is 17.0. The molecule has 0 radical (unpaired) electrons. The van der Waals surface area contributed by atoms with E-state index in [4.69, 9.17) is 0 Å². The molecule has 154 valence electrons. The number of benzene rings is 1. The molecule has 12 heteroatoms. The fourth-order valence-corrected chi connectivity index (χ4v) is 6.77. The first-order valence-electron chi connectivity index (χ1n) is 8.81. The van der Waals surface area contributed by atoms with Gasteiger partial charge in [-0.05, 0) is 25.5 Å². The molecule has 2 aliphatic rings. The maximum atomic E-state index is 12.6. The van der Waals surface area contributed by atoms with Crippen LogP contribution in [0.1, 0.15) is 28.5 Å². The first-order chi connectivity index (χ1) is 13.6. The van der Waals surface area contributed by atoms with E-state index in [0.717, 1.165) is 0 Å².